The van der Waals surface area contributed by atoms with E-state index in [1.807, 2.05) is 0 Å². The van der Waals surface area contributed by atoms with Crippen molar-refractivity contribution in [3.05, 3.63) is 35.4 Å². The highest BCUT2D eigenvalue weighted by Crippen LogP contribution is 2.21. The van der Waals surface area contributed by atoms with Crippen LogP contribution in [-0.4, -0.2) is 11.2 Å². The van der Waals surface area contributed by atoms with Crippen molar-refractivity contribution in [2.75, 3.05) is 0 Å². The highest BCUT2D eigenvalue weighted by atomic mass is 35.5. The molecular formula is C13H20ClF2NO. The topological polar surface area (TPSA) is 46.2 Å². The zero-order valence-corrected chi connectivity index (χ0v) is 11.4. The quantitative estimate of drug-likeness (QED) is 0.869. The summed E-state index contributed by atoms with van der Waals surface area (Å²) in [6.07, 6.45) is 0.665. The van der Waals surface area contributed by atoms with Crippen LogP contribution in [0.3, 0.4) is 0 Å². The van der Waals surface area contributed by atoms with Crippen molar-refractivity contribution in [2.24, 2.45) is 11.7 Å². The smallest absolute Gasteiger partial charge is 0.159 e. The van der Waals surface area contributed by atoms with E-state index < -0.39 is 23.8 Å². The first kappa shape index (κ1) is 17.3. The van der Waals surface area contributed by atoms with Crippen LogP contribution in [-0.2, 0) is 0 Å². The van der Waals surface area contributed by atoms with Crippen molar-refractivity contribution in [1.29, 1.82) is 0 Å². The van der Waals surface area contributed by atoms with Gasteiger partial charge in [0.2, 0.25) is 0 Å². The summed E-state index contributed by atoms with van der Waals surface area (Å²) in [6.45, 7) is 4.10. The number of hydrogen-bond acceptors (Lipinski definition) is 2. The van der Waals surface area contributed by atoms with Crippen LogP contribution in [0.1, 0.15) is 38.3 Å². The van der Waals surface area contributed by atoms with Gasteiger partial charge < -0.3 is 10.8 Å². The first-order valence-corrected chi connectivity index (χ1v) is 5.80. The zero-order chi connectivity index (χ0) is 13.0. The molecule has 0 aliphatic carbocycles. The van der Waals surface area contributed by atoms with Crippen LogP contribution < -0.4 is 5.73 Å². The predicted octanol–water partition coefficient (Wildman–Crippen LogP) is 3.18. The first-order valence-electron chi connectivity index (χ1n) is 5.80. The van der Waals surface area contributed by atoms with E-state index in [9.17, 15) is 13.9 Å². The Morgan fingerprint density at radius 3 is 2.28 bits per heavy atom. The fraction of sp³-hybridized carbons (Fsp3) is 0.538. The van der Waals surface area contributed by atoms with Crippen molar-refractivity contribution >= 4 is 12.4 Å². The van der Waals surface area contributed by atoms with Gasteiger partial charge in [-0.3, -0.25) is 0 Å². The molecular weight excluding hydrogens is 260 g/mol. The van der Waals surface area contributed by atoms with Gasteiger partial charge in [-0.25, -0.2) is 8.78 Å². The van der Waals surface area contributed by atoms with E-state index in [1.54, 1.807) is 0 Å². The van der Waals surface area contributed by atoms with E-state index in [1.165, 1.54) is 6.07 Å². The summed E-state index contributed by atoms with van der Waals surface area (Å²) >= 11 is 0. The van der Waals surface area contributed by atoms with Crippen LogP contribution in [0.25, 0.3) is 0 Å². The molecule has 1 aromatic carbocycles. The number of benzene rings is 1. The second-order valence-electron chi connectivity index (χ2n) is 4.74. The van der Waals surface area contributed by atoms with Crippen molar-refractivity contribution in [2.45, 2.75) is 38.8 Å². The Balaban J connectivity index is 0.00000289. The molecule has 1 rings (SSSR count). The Hall–Kier alpha value is -0.710. The normalized spacial score (nSPS) is 14.2. The van der Waals surface area contributed by atoms with Crippen molar-refractivity contribution in [3.8, 4) is 0 Å². The SMILES string of the molecule is CC(C)CC[C@@H](O)[C@@H](N)c1ccc(F)c(F)c1.Cl. The summed E-state index contributed by atoms with van der Waals surface area (Å²) < 4.78 is 25.7. The molecule has 0 bridgehead atoms. The highest BCUT2D eigenvalue weighted by molar-refractivity contribution is 5.85. The van der Waals surface area contributed by atoms with Gasteiger partial charge in [-0.15, -0.1) is 12.4 Å². The third-order valence-electron chi connectivity index (χ3n) is 2.78. The Bertz CT molecular complexity index is 374. The third-order valence-corrected chi connectivity index (χ3v) is 2.78. The Morgan fingerprint density at radius 2 is 1.78 bits per heavy atom. The molecule has 2 nitrogen and oxygen atoms in total. The first-order chi connectivity index (χ1) is 7.91. The number of aliphatic hydroxyl groups is 1. The molecule has 3 N–H and O–H groups in total. The lowest BCUT2D eigenvalue weighted by molar-refractivity contribution is 0.128. The average Bonchev–Trinajstić information content (AvgIpc) is 2.28. The summed E-state index contributed by atoms with van der Waals surface area (Å²) in [5.74, 6) is -1.37. The minimum Gasteiger partial charge on any atom is -0.391 e. The molecule has 0 fully saturated rings. The lowest BCUT2D eigenvalue weighted by Crippen LogP contribution is -2.26. The molecule has 0 aromatic heterocycles. The van der Waals surface area contributed by atoms with Gasteiger partial charge in [0, 0.05) is 0 Å². The van der Waals surface area contributed by atoms with E-state index in [0.717, 1.165) is 18.6 Å². The van der Waals surface area contributed by atoms with Crippen LogP contribution in [0.2, 0.25) is 0 Å². The van der Waals surface area contributed by atoms with Crippen molar-refractivity contribution in [3.63, 3.8) is 0 Å². The molecule has 18 heavy (non-hydrogen) atoms. The van der Waals surface area contributed by atoms with Crippen molar-refractivity contribution in [1.82, 2.24) is 0 Å². The average molecular weight is 280 g/mol. The lowest BCUT2D eigenvalue weighted by Gasteiger charge is -2.20. The Morgan fingerprint density at radius 1 is 1.17 bits per heavy atom. The molecule has 104 valence electrons. The van der Waals surface area contributed by atoms with Crippen LogP contribution in [0.4, 0.5) is 8.78 Å². The van der Waals surface area contributed by atoms with Gasteiger partial charge in [-0.05, 0) is 36.5 Å². The van der Waals surface area contributed by atoms with E-state index in [0.29, 0.717) is 17.9 Å². The maximum Gasteiger partial charge on any atom is 0.159 e. The minimum absolute atomic E-state index is 0. The van der Waals surface area contributed by atoms with E-state index in [-0.39, 0.29) is 12.4 Å². The molecule has 0 saturated heterocycles. The van der Waals surface area contributed by atoms with Gasteiger partial charge >= 0.3 is 0 Å². The summed E-state index contributed by atoms with van der Waals surface area (Å²) in [4.78, 5) is 0. The van der Waals surface area contributed by atoms with E-state index in [4.69, 9.17) is 5.73 Å². The summed E-state index contributed by atoms with van der Waals surface area (Å²) in [6, 6.07) is 2.80. The highest BCUT2D eigenvalue weighted by Gasteiger charge is 2.18. The number of halogens is 3. The predicted molar refractivity (Wildman–Crippen MR) is 70.6 cm³/mol. The second-order valence-corrected chi connectivity index (χ2v) is 4.74. The number of aliphatic hydroxyl groups excluding tert-OH is 1. The number of nitrogens with two attached hydrogens (primary N) is 1. The van der Waals surface area contributed by atoms with Gasteiger partial charge in [0.25, 0.3) is 0 Å². The molecule has 0 aliphatic rings. The Labute approximate surface area is 113 Å². The molecule has 0 amide bonds. The molecule has 0 saturated carbocycles. The minimum atomic E-state index is -0.936. The molecule has 0 unspecified atom stereocenters. The van der Waals surface area contributed by atoms with E-state index in [2.05, 4.69) is 13.8 Å². The summed E-state index contributed by atoms with van der Waals surface area (Å²) in [7, 11) is 0. The summed E-state index contributed by atoms with van der Waals surface area (Å²) in [5.41, 5.74) is 6.22. The molecule has 0 aliphatic heterocycles. The van der Waals surface area contributed by atoms with Crippen LogP contribution >= 0.6 is 12.4 Å². The standard InChI is InChI=1S/C13H19F2NO.ClH/c1-8(2)3-6-12(17)13(16)9-4-5-10(14)11(15)7-9;/h4-5,7-8,12-13,17H,3,6,16H2,1-2H3;1H/t12-,13+;/m1./s1. The monoisotopic (exact) mass is 279 g/mol. The zero-order valence-electron chi connectivity index (χ0n) is 10.6. The Kier molecular flexibility index (Phi) is 7.36. The molecule has 0 spiro atoms. The number of rotatable bonds is 5. The maximum absolute atomic E-state index is 13.0. The van der Waals surface area contributed by atoms with Crippen LogP contribution in [0, 0.1) is 17.6 Å². The largest absolute Gasteiger partial charge is 0.391 e. The molecule has 2 atom stereocenters. The summed E-state index contributed by atoms with van der Waals surface area (Å²) in [5, 5.41) is 9.84. The van der Waals surface area contributed by atoms with Gasteiger partial charge in [0.15, 0.2) is 11.6 Å². The van der Waals surface area contributed by atoms with Gasteiger partial charge in [-0.1, -0.05) is 19.9 Å². The number of hydrogen-bond donors (Lipinski definition) is 2. The van der Waals surface area contributed by atoms with Crippen LogP contribution in [0.15, 0.2) is 18.2 Å². The second kappa shape index (κ2) is 7.67. The maximum atomic E-state index is 13.0. The molecule has 5 heteroatoms. The van der Waals surface area contributed by atoms with Gasteiger partial charge in [0.05, 0.1) is 12.1 Å². The molecule has 0 heterocycles. The van der Waals surface area contributed by atoms with Crippen molar-refractivity contribution < 1.29 is 13.9 Å². The van der Waals surface area contributed by atoms with Gasteiger partial charge in [-0.2, -0.15) is 0 Å². The van der Waals surface area contributed by atoms with Gasteiger partial charge in [0.1, 0.15) is 0 Å². The molecule has 0 radical (unpaired) electrons. The molecule has 1 aromatic rings. The fourth-order valence-corrected chi connectivity index (χ4v) is 1.63. The van der Waals surface area contributed by atoms with E-state index >= 15 is 0 Å². The van der Waals surface area contributed by atoms with Crippen LogP contribution in [0.5, 0.6) is 0 Å². The lowest BCUT2D eigenvalue weighted by atomic mass is 9.96. The third kappa shape index (κ3) is 4.88. The fourth-order valence-electron chi connectivity index (χ4n) is 1.63.